The molecule has 1 rings (SSSR count). The Morgan fingerprint density at radius 1 is 0.828 bits per heavy atom. The summed E-state index contributed by atoms with van der Waals surface area (Å²) < 4.78 is 162. The first-order valence-electron chi connectivity index (χ1n) is 7.88. The van der Waals surface area contributed by atoms with Gasteiger partial charge in [-0.05, 0) is 12.8 Å². The maximum absolute atomic E-state index is 13.7. The molecule has 0 spiro atoms. The lowest BCUT2D eigenvalue weighted by Crippen LogP contribution is -2.65. The van der Waals surface area contributed by atoms with Gasteiger partial charge in [0.1, 0.15) is 5.88 Å². The van der Waals surface area contributed by atoms with Gasteiger partial charge in [0.2, 0.25) is 10.0 Å². The molecule has 1 aliphatic rings. The van der Waals surface area contributed by atoms with E-state index in [1.54, 1.807) is 0 Å². The molecule has 6 nitrogen and oxygen atoms in total. The summed E-state index contributed by atoms with van der Waals surface area (Å²) in [6.45, 7) is 0. The highest BCUT2D eigenvalue weighted by atomic mass is 32.3. The average Bonchev–Trinajstić information content (AvgIpc) is 2.58. The van der Waals surface area contributed by atoms with Crippen molar-refractivity contribution >= 4 is 20.0 Å². The van der Waals surface area contributed by atoms with E-state index < -0.39 is 59.0 Å². The van der Waals surface area contributed by atoms with Gasteiger partial charge in [-0.2, -0.15) is 39.5 Å². The monoisotopic (exact) mass is 488 g/mol. The molecule has 1 aliphatic carbocycles. The van der Waals surface area contributed by atoms with Gasteiger partial charge in [-0.25, -0.2) is 16.8 Å². The van der Waals surface area contributed by atoms with Gasteiger partial charge in [0.15, 0.2) is 0 Å². The predicted molar refractivity (Wildman–Crippen MR) is 81.4 cm³/mol. The van der Waals surface area contributed by atoms with Crippen LogP contribution in [0.25, 0.3) is 0 Å². The van der Waals surface area contributed by atoms with Gasteiger partial charge in [0.25, 0.3) is 10.0 Å². The second-order valence-corrected chi connectivity index (χ2v) is 10.6. The van der Waals surface area contributed by atoms with Crippen LogP contribution in [0.1, 0.15) is 32.1 Å². The lowest BCUT2D eigenvalue weighted by molar-refractivity contribution is -0.382. The summed E-state index contributed by atoms with van der Waals surface area (Å²) in [7, 11) is -12.7. The Labute approximate surface area is 160 Å². The van der Waals surface area contributed by atoms with Crippen LogP contribution >= 0.6 is 0 Å². The topological polar surface area (TPSA) is 83.6 Å². The molecule has 0 atom stereocenters. The van der Waals surface area contributed by atoms with Crippen molar-refractivity contribution in [3.05, 3.63) is 0 Å². The zero-order valence-electron chi connectivity index (χ0n) is 14.6. The van der Waals surface area contributed by atoms with E-state index in [1.807, 2.05) is 0 Å². The van der Waals surface area contributed by atoms with Crippen molar-refractivity contribution in [3.63, 3.8) is 0 Å². The Kier molecular flexibility index (Phi) is 7.26. The van der Waals surface area contributed by atoms with Crippen molar-refractivity contribution in [3.8, 4) is 0 Å². The van der Waals surface area contributed by atoms with Crippen LogP contribution in [-0.2, 0) is 20.0 Å². The summed E-state index contributed by atoms with van der Waals surface area (Å²) in [5.74, 6) is -16.3. The second-order valence-electron chi connectivity index (χ2n) is 6.34. The number of nitrogens with one attached hydrogen (secondary N) is 1. The molecular weight excluding hydrogens is 471 g/mol. The average molecular weight is 488 g/mol. The Morgan fingerprint density at radius 3 is 1.69 bits per heavy atom. The molecule has 0 aromatic carbocycles. The highest BCUT2D eigenvalue weighted by Gasteiger charge is 2.86. The van der Waals surface area contributed by atoms with E-state index in [0.717, 1.165) is 6.42 Å². The summed E-state index contributed by atoms with van der Waals surface area (Å²) in [5, 5.41) is -4.80. The number of sulfonamides is 2. The molecule has 0 amide bonds. The van der Waals surface area contributed by atoms with Crippen molar-refractivity contribution in [1.82, 2.24) is 9.03 Å². The van der Waals surface area contributed by atoms with E-state index in [9.17, 15) is 56.3 Å². The van der Waals surface area contributed by atoms with Gasteiger partial charge in [0.05, 0.1) is 0 Å². The standard InChI is InChI=1S/C12H17F9N2O4S2/c1-23(28(24,25)7-22-8-5-3-2-4-6-8)29(26,27)12(20,21)10(15,16)9(13,14)11(17,18)19/h8,22H,2-7H2,1H3. The molecule has 1 saturated carbocycles. The summed E-state index contributed by atoms with van der Waals surface area (Å²) in [6.07, 6.45) is -4.19. The Bertz CT molecular complexity index is 791. The lowest BCUT2D eigenvalue weighted by Gasteiger charge is -2.34. The summed E-state index contributed by atoms with van der Waals surface area (Å²) in [4.78, 5) is 0. The van der Waals surface area contributed by atoms with Crippen molar-refractivity contribution in [2.75, 3.05) is 12.9 Å². The predicted octanol–water partition coefficient (Wildman–Crippen LogP) is 2.88. The molecule has 17 heteroatoms. The molecule has 0 saturated heterocycles. The van der Waals surface area contributed by atoms with Crippen molar-refractivity contribution in [2.45, 2.75) is 61.4 Å². The molecule has 174 valence electrons. The Morgan fingerprint density at radius 2 is 1.28 bits per heavy atom. The van der Waals surface area contributed by atoms with Gasteiger partial charge in [-0.15, -0.1) is 0 Å². The number of nitrogens with zero attached hydrogens (tertiary/aromatic N) is 1. The Hall–Kier alpha value is -0.810. The van der Waals surface area contributed by atoms with Crippen molar-refractivity contribution in [2.24, 2.45) is 0 Å². The number of alkyl halides is 9. The van der Waals surface area contributed by atoms with E-state index in [2.05, 4.69) is 5.32 Å². The van der Waals surface area contributed by atoms with E-state index in [0.29, 0.717) is 25.7 Å². The van der Waals surface area contributed by atoms with Crippen LogP contribution in [0.15, 0.2) is 0 Å². The quantitative estimate of drug-likeness (QED) is 0.532. The zero-order valence-corrected chi connectivity index (χ0v) is 16.3. The van der Waals surface area contributed by atoms with Gasteiger partial charge in [0, 0.05) is 13.1 Å². The molecule has 1 fully saturated rings. The summed E-state index contributed by atoms with van der Waals surface area (Å²) in [5.41, 5.74) is 0. The fourth-order valence-corrected chi connectivity index (χ4v) is 5.49. The zero-order chi connectivity index (χ0) is 23.1. The molecule has 0 heterocycles. The maximum Gasteiger partial charge on any atom is 0.460 e. The van der Waals surface area contributed by atoms with Gasteiger partial charge < -0.3 is 0 Å². The van der Waals surface area contributed by atoms with Crippen LogP contribution in [0.3, 0.4) is 0 Å². The molecule has 0 aliphatic heterocycles. The molecular formula is C12H17F9N2O4S2. The highest BCUT2D eigenvalue weighted by Crippen LogP contribution is 2.55. The lowest BCUT2D eigenvalue weighted by atomic mass is 9.96. The van der Waals surface area contributed by atoms with Crippen LogP contribution in [0.4, 0.5) is 39.5 Å². The largest absolute Gasteiger partial charge is 0.460 e. The molecule has 0 bridgehead atoms. The third kappa shape index (κ3) is 4.61. The number of hydrogen-bond donors (Lipinski definition) is 1. The van der Waals surface area contributed by atoms with Crippen LogP contribution in [0.2, 0.25) is 0 Å². The van der Waals surface area contributed by atoms with Gasteiger partial charge in [-0.1, -0.05) is 23.0 Å². The first-order chi connectivity index (χ1) is 12.7. The SMILES string of the molecule is CN(S(=O)(=O)CNC1CCCCC1)S(=O)(=O)C(F)(F)C(F)(F)C(F)(F)C(F)(F)F. The van der Waals surface area contributed by atoms with Crippen molar-refractivity contribution < 1.29 is 56.3 Å². The van der Waals surface area contributed by atoms with Crippen LogP contribution in [-0.4, -0.2) is 62.8 Å². The normalized spacial score (nSPS) is 19.0. The number of rotatable bonds is 8. The van der Waals surface area contributed by atoms with E-state index >= 15 is 0 Å². The van der Waals surface area contributed by atoms with E-state index in [-0.39, 0.29) is 7.05 Å². The minimum absolute atomic E-state index is 0.164. The smallest absolute Gasteiger partial charge is 0.300 e. The molecule has 0 unspecified atom stereocenters. The number of hydrogen-bond acceptors (Lipinski definition) is 5. The minimum atomic E-state index is -7.50. The van der Waals surface area contributed by atoms with Gasteiger partial charge in [-0.3, -0.25) is 5.32 Å². The van der Waals surface area contributed by atoms with Gasteiger partial charge >= 0.3 is 23.3 Å². The fourth-order valence-electron chi connectivity index (χ4n) is 2.45. The van der Waals surface area contributed by atoms with E-state index in [4.69, 9.17) is 0 Å². The summed E-state index contributed by atoms with van der Waals surface area (Å²) in [6, 6.07) is -0.467. The fraction of sp³-hybridized carbons (Fsp3) is 1.00. The van der Waals surface area contributed by atoms with E-state index in [1.165, 1.54) is 0 Å². The van der Waals surface area contributed by atoms with Crippen LogP contribution < -0.4 is 5.32 Å². The molecule has 29 heavy (non-hydrogen) atoms. The first-order valence-corrected chi connectivity index (χ1v) is 10.9. The first kappa shape index (κ1) is 26.2. The molecule has 0 aromatic heterocycles. The van der Waals surface area contributed by atoms with Crippen molar-refractivity contribution in [1.29, 1.82) is 0 Å². The molecule has 1 N–H and O–H groups in total. The minimum Gasteiger partial charge on any atom is -0.300 e. The second kappa shape index (κ2) is 8.03. The highest BCUT2D eigenvalue weighted by molar-refractivity contribution is 8.04. The third-order valence-corrected chi connectivity index (χ3v) is 8.50. The molecule has 0 aromatic rings. The summed E-state index contributed by atoms with van der Waals surface area (Å²) >= 11 is 0. The third-order valence-electron chi connectivity index (χ3n) is 4.33. The molecule has 0 radical (unpaired) electrons. The van der Waals surface area contributed by atoms with Crippen LogP contribution in [0.5, 0.6) is 0 Å². The number of halogens is 9. The maximum atomic E-state index is 13.7. The van der Waals surface area contributed by atoms with Crippen LogP contribution in [0, 0.1) is 0 Å². The Balaban J connectivity index is 3.19.